The molecule has 1 fully saturated rings. The minimum absolute atomic E-state index is 0.163. The predicted molar refractivity (Wildman–Crippen MR) is 81.7 cm³/mol. The maximum Gasteiger partial charge on any atom is 0.258 e. The number of carbonyl (C=O) groups excluding carboxylic acids is 1. The van der Waals surface area contributed by atoms with Crippen molar-refractivity contribution in [3.63, 3.8) is 0 Å². The lowest BCUT2D eigenvalue weighted by molar-refractivity contribution is -0.129. The van der Waals surface area contributed by atoms with Gasteiger partial charge in [-0.15, -0.1) is 0 Å². The van der Waals surface area contributed by atoms with Crippen LogP contribution >= 0.6 is 0 Å². The van der Waals surface area contributed by atoms with Crippen molar-refractivity contribution < 1.29 is 18.4 Å². The molecule has 0 heterocycles. The second-order valence-corrected chi connectivity index (χ2v) is 7.59. The number of sulfonamides is 1. The summed E-state index contributed by atoms with van der Waals surface area (Å²) >= 11 is 0. The van der Waals surface area contributed by atoms with Gasteiger partial charge in [0.25, 0.3) is 5.91 Å². The molecule has 0 saturated heterocycles. The van der Waals surface area contributed by atoms with E-state index in [1.807, 2.05) is 0 Å². The van der Waals surface area contributed by atoms with Crippen molar-refractivity contribution in [1.29, 1.82) is 0 Å². The van der Waals surface area contributed by atoms with Crippen LogP contribution in [0.3, 0.4) is 0 Å². The predicted octanol–water partition coefficient (Wildman–Crippen LogP) is 1.76. The third-order valence-corrected chi connectivity index (χ3v) is 5.84. The fraction of sp³-hybridized carbons (Fsp3) is 0.533. The van der Waals surface area contributed by atoms with Gasteiger partial charge in [0, 0.05) is 6.54 Å². The van der Waals surface area contributed by atoms with Gasteiger partial charge in [0.1, 0.15) is 0 Å². The molecule has 0 atom stereocenters. The van der Waals surface area contributed by atoms with Crippen molar-refractivity contribution >= 4 is 15.9 Å². The Labute approximate surface area is 131 Å². The van der Waals surface area contributed by atoms with Gasteiger partial charge in [-0.25, -0.2) is 13.9 Å². The molecule has 0 radical (unpaired) electrons. The number of rotatable bonds is 6. The quantitative estimate of drug-likeness (QED) is 0.616. The highest BCUT2D eigenvalue weighted by molar-refractivity contribution is 7.89. The molecule has 2 rings (SSSR count). The molecular weight excluding hydrogens is 304 g/mol. The van der Waals surface area contributed by atoms with Crippen LogP contribution in [0.25, 0.3) is 0 Å². The summed E-state index contributed by atoms with van der Waals surface area (Å²) in [5.41, 5.74) is 1.51. The maximum atomic E-state index is 12.7. The van der Waals surface area contributed by atoms with Gasteiger partial charge >= 0.3 is 0 Å². The van der Waals surface area contributed by atoms with Gasteiger partial charge in [0.15, 0.2) is 0 Å². The average molecular weight is 326 g/mol. The molecule has 0 spiro atoms. The lowest BCUT2D eigenvalue weighted by Crippen LogP contribution is -2.42. The Morgan fingerprint density at radius 2 is 1.82 bits per heavy atom. The fourth-order valence-electron chi connectivity index (χ4n) is 2.84. The number of benzene rings is 1. The van der Waals surface area contributed by atoms with Crippen molar-refractivity contribution in [3.05, 3.63) is 30.3 Å². The molecule has 1 saturated carbocycles. The van der Waals surface area contributed by atoms with Crippen molar-refractivity contribution in [2.45, 2.75) is 37.0 Å². The van der Waals surface area contributed by atoms with Crippen molar-refractivity contribution in [1.82, 2.24) is 9.79 Å². The van der Waals surface area contributed by atoms with E-state index in [1.54, 1.807) is 18.2 Å². The van der Waals surface area contributed by atoms with Crippen LogP contribution in [-0.4, -0.2) is 36.9 Å². The van der Waals surface area contributed by atoms with Gasteiger partial charge in [-0.3, -0.25) is 10.0 Å². The monoisotopic (exact) mass is 326 g/mol. The first-order chi connectivity index (χ1) is 10.5. The summed E-state index contributed by atoms with van der Waals surface area (Å²) in [6.07, 6.45) is 5.31. The highest BCUT2D eigenvalue weighted by Gasteiger charge is 2.29. The summed E-state index contributed by atoms with van der Waals surface area (Å²) in [6, 6.07) is 8.07. The van der Waals surface area contributed by atoms with E-state index in [0.717, 1.165) is 25.7 Å². The zero-order valence-electron chi connectivity index (χ0n) is 12.4. The van der Waals surface area contributed by atoms with E-state index in [4.69, 9.17) is 5.21 Å². The summed E-state index contributed by atoms with van der Waals surface area (Å²) in [6.45, 7) is -0.0606. The van der Waals surface area contributed by atoms with E-state index in [9.17, 15) is 13.2 Å². The molecule has 1 aliphatic carbocycles. The van der Waals surface area contributed by atoms with Gasteiger partial charge in [-0.1, -0.05) is 37.5 Å². The second-order valence-electron chi connectivity index (χ2n) is 5.65. The Hall–Kier alpha value is -1.44. The summed E-state index contributed by atoms with van der Waals surface area (Å²) in [5, 5.41) is 8.70. The lowest BCUT2D eigenvalue weighted by Gasteiger charge is -2.28. The van der Waals surface area contributed by atoms with Gasteiger partial charge in [0.05, 0.1) is 11.4 Å². The van der Waals surface area contributed by atoms with Crippen LogP contribution in [0.2, 0.25) is 0 Å². The minimum atomic E-state index is -3.74. The minimum Gasteiger partial charge on any atom is -0.289 e. The van der Waals surface area contributed by atoms with Crippen LogP contribution in [0.5, 0.6) is 0 Å². The SMILES string of the molecule is O=C(CN(CC1CCCCC1)S(=O)(=O)c1ccccc1)NO. The van der Waals surface area contributed by atoms with E-state index in [-0.39, 0.29) is 17.4 Å². The van der Waals surface area contributed by atoms with Gasteiger partial charge < -0.3 is 0 Å². The number of amides is 1. The zero-order valence-corrected chi connectivity index (χ0v) is 13.3. The molecule has 22 heavy (non-hydrogen) atoms. The molecule has 6 nitrogen and oxygen atoms in total. The van der Waals surface area contributed by atoms with Crippen LogP contribution in [0.4, 0.5) is 0 Å². The largest absolute Gasteiger partial charge is 0.289 e. The van der Waals surface area contributed by atoms with E-state index in [1.165, 1.54) is 28.3 Å². The topological polar surface area (TPSA) is 86.7 Å². The van der Waals surface area contributed by atoms with Crippen molar-refractivity contribution in [2.24, 2.45) is 5.92 Å². The molecule has 122 valence electrons. The Bertz CT molecular complexity index is 583. The van der Waals surface area contributed by atoms with Crippen molar-refractivity contribution in [3.8, 4) is 0 Å². The number of hydrogen-bond acceptors (Lipinski definition) is 4. The first kappa shape index (κ1) is 16.9. The number of hydroxylamine groups is 1. The molecule has 0 aliphatic heterocycles. The zero-order chi connectivity index (χ0) is 16.0. The first-order valence-corrected chi connectivity index (χ1v) is 8.96. The fourth-order valence-corrected chi connectivity index (χ4v) is 4.34. The van der Waals surface area contributed by atoms with E-state index < -0.39 is 15.9 Å². The Balaban J connectivity index is 2.20. The molecule has 1 amide bonds. The van der Waals surface area contributed by atoms with Crippen LogP contribution in [0.15, 0.2) is 35.2 Å². The number of carbonyl (C=O) groups is 1. The molecule has 0 aromatic heterocycles. The molecule has 2 N–H and O–H groups in total. The van der Waals surface area contributed by atoms with Crippen LogP contribution in [0.1, 0.15) is 32.1 Å². The Morgan fingerprint density at radius 3 is 2.41 bits per heavy atom. The molecule has 1 aromatic rings. The summed E-state index contributed by atoms with van der Waals surface area (Å²) in [4.78, 5) is 11.6. The summed E-state index contributed by atoms with van der Waals surface area (Å²) in [7, 11) is -3.74. The van der Waals surface area contributed by atoms with Crippen molar-refractivity contribution in [2.75, 3.05) is 13.1 Å². The molecule has 0 unspecified atom stereocenters. The first-order valence-electron chi connectivity index (χ1n) is 7.52. The van der Waals surface area contributed by atoms with Crippen LogP contribution in [0, 0.1) is 5.92 Å². The van der Waals surface area contributed by atoms with E-state index >= 15 is 0 Å². The summed E-state index contributed by atoms with van der Waals surface area (Å²) < 4.78 is 26.6. The molecule has 1 aliphatic rings. The Morgan fingerprint density at radius 1 is 1.18 bits per heavy atom. The third kappa shape index (κ3) is 4.28. The lowest BCUT2D eigenvalue weighted by atomic mass is 9.89. The number of nitrogens with zero attached hydrogens (tertiary/aromatic N) is 1. The molecular formula is C15H22N2O4S. The smallest absolute Gasteiger partial charge is 0.258 e. The number of hydrogen-bond donors (Lipinski definition) is 2. The molecule has 1 aromatic carbocycles. The van der Waals surface area contributed by atoms with Crippen LogP contribution in [-0.2, 0) is 14.8 Å². The molecule has 7 heteroatoms. The van der Waals surface area contributed by atoms with E-state index in [2.05, 4.69) is 0 Å². The average Bonchev–Trinajstić information content (AvgIpc) is 2.56. The Kier molecular flexibility index (Phi) is 5.93. The van der Waals surface area contributed by atoms with Gasteiger partial charge in [-0.2, -0.15) is 4.31 Å². The van der Waals surface area contributed by atoms with E-state index in [0.29, 0.717) is 6.54 Å². The molecule has 0 bridgehead atoms. The van der Waals surface area contributed by atoms with Gasteiger partial charge in [0.2, 0.25) is 10.0 Å². The standard InChI is InChI=1S/C15H22N2O4S/c18-15(16-19)12-17(11-13-7-3-1-4-8-13)22(20,21)14-9-5-2-6-10-14/h2,5-6,9-10,13,19H,1,3-4,7-8,11-12H2,(H,16,18). The highest BCUT2D eigenvalue weighted by atomic mass is 32.2. The third-order valence-electron chi connectivity index (χ3n) is 4.01. The second kappa shape index (κ2) is 7.71. The maximum absolute atomic E-state index is 12.7. The normalized spacial score (nSPS) is 16.6. The highest BCUT2D eigenvalue weighted by Crippen LogP contribution is 2.26. The summed E-state index contributed by atoms with van der Waals surface area (Å²) in [5.74, 6) is -0.464. The van der Waals surface area contributed by atoms with Gasteiger partial charge in [-0.05, 0) is 30.9 Å². The van der Waals surface area contributed by atoms with Crippen LogP contribution < -0.4 is 5.48 Å². The number of nitrogens with one attached hydrogen (secondary N) is 1.